The average Bonchev–Trinajstić information content (AvgIpc) is 3.00. The lowest BCUT2D eigenvalue weighted by Gasteiger charge is -2.19. The first-order chi connectivity index (χ1) is 20.7. The molecule has 2 rings (SSSR count). The van der Waals surface area contributed by atoms with E-state index in [4.69, 9.17) is 14.2 Å². The number of nitrogens with zero attached hydrogens (tertiary/aromatic N) is 1. The predicted octanol–water partition coefficient (Wildman–Crippen LogP) is 11.0. The molecule has 2 aromatic rings. The zero-order valence-corrected chi connectivity index (χ0v) is 27.8. The summed E-state index contributed by atoms with van der Waals surface area (Å²) in [7, 11) is 0. The van der Waals surface area contributed by atoms with Crippen molar-refractivity contribution >= 4 is 10.9 Å². The third-order valence-corrected chi connectivity index (χ3v) is 8.14. The third kappa shape index (κ3) is 13.4. The van der Waals surface area contributed by atoms with Crippen molar-refractivity contribution in [2.75, 3.05) is 19.8 Å². The van der Waals surface area contributed by atoms with E-state index >= 15 is 0 Å². The van der Waals surface area contributed by atoms with Gasteiger partial charge in [-0.1, -0.05) is 130 Å². The van der Waals surface area contributed by atoms with Gasteiger partial charge in [-0.3, -0.25) is 4.79 Å². The van der Waals surface area contributed by atoms with Crippen molar-refractivity contribution in [1.29, 1.82) is 0 Å². The normalized spacial score (nSPS) is 11.3. The summed E-state index contributed by atoms with van der Waals surface area (Å²) in [5.41, 5.74) is 0.832. The molecule has 0 amide bonds. The zero-order chi connectivity index (χ0) is 30.3. The summed E-state index contributed by atoms with van der Waals surface area (Å²) < 4.78 is 20.8. The molecule has 0 unspecified atom stereocenters. The Hall–Kier alpha value is -2.17. The summed E-state index contributed by atoms with van der Waals surface area (Å²) in [5.74, 6) is 1.83. The number of rotatable bonds is 27. The van der Waals surface area contributed by atoms with Crippen molar-refractivity contribution in [3.05, 3.63) is 28.6 Å². The van der Waals surface area contributed by atoms with Gasteiger partial charge in [0.1, 0.15) is 5.75 Å². The summed E-state index contributed by atoms with van der Waals surface area (Å²) in [6, 6.07) is 6.17. The van der Waals surface area contributed by atoms with E-state index in [-0.39, 0.29) is 5.56 Å². The van der Waals surface area contributed by atoms with Crippen molar-refractivity contribution in [3.8, 4) is 17.2 Å². The highest BCUT2D eigenvalue weighted by Gasteiger charge is 2.20. The average molecular weight is 586 g/mol. The molecule has 0 spiro atoms. The van der Waals surface area contributed by atoms with E-state index in [0.29, 0.717) is 37.9 Å². The van der Waals surface area contributed by atoms with E-state index < -0.39 is 0 Å². The first-order valence-corrected chi connectivity index (χ1v) is 17.8. The molecule has 1 heterocycles. The Morgan fingerprint density at radius 1 is 0.524 bits per heavy atom. The SMILES string of the molecule is CCCCCCCCOc1ccc2c(OCCCCCC)c(OCCCCCC)c(=O)n(CCCCCCCC)c2c1. The van der Waals surface area contributed by atoms with Crippen molar-refractivity contribution in [2.45, 2.75) is 163 Å². The number of benzene rings is 1. The van der Waals surface area contributed by atoms with Crippen LogP contribution in [0.5, 0.6) is 17.2 Å². The molecule has 0 saturated carbocycles. The minimum absolute atomic E-state index is 0.0665. The second-order valence-electron chi connectivity index (χ2n) is 12.0. The van der Waals surface area contributed by atoms with Gasteiger partial charge in [0.05, 0.1) is 25.3 Å². The number of ether oxygens (including phenoxy) is 3. The molecule has 0 aliphatic heterocycles. The molecule has 0 radical (unpaired) electrons. The second kappa shape index (κ2) is 23.3. The Kier molecular flexibility index (Phi) is 20.0. The third-order valence-electron chi connectivity index (χ3n) is 8.14. The van der Waals surface area contributed by atoms with Crippen LogP contribution in [0.2, 0.25) is 0 Å². The smallest absolute Gasteiger partial charge is 0.297 e. The molecule has 5 nitrogen and oxygen atoms in total. The molecule has 5 heteroatoms. The number of aromatic nitrogens is 1. The predicted molar refractivity (Wildman–Crippen MR) is 180 cm³/mol. The van der Waals surface area contributed by atoms with Crippen LogP contribution >= 0.6 is 0 Å². The van der Waals surface area contributed by atoms with Crippen LogP contribution in [0.25, 0.3) is 10.9 Å². The standard InChI is InChI=1S/C37H63NO4/c1-5-9-13-17-19-21-27-38-34-31-32(40-28-24-20-18-14-10-6-2)25-26-33(34)35(41-29-22-15-11-7-3)36(37(38)39)42-30-23-16-12-8-4/h25-26,31H,5-24,27-30H2,1-4H3. The molecule has 0 aliphatic rings. The highest BCUT2D eigenvalue weighted by molar-refractivity contribution is 5.89. The monoisotopic (exact) mass is 585 g/mol. The van der Waals surface area contributed by atoms with Gasteiger partial charge in [0.25, 0.3) is 5.56 Å². The highest BCUT2D eigenvalue weighted by atomic mass is 16.5. The maximum Gasteiger partial charge on any atom is 0.297 e. The number of hydrogen-bond acceptors (Lipinski definition) is 4. The van der Waals surface area contributed by atoms with Gasteiger partial charge in [-0.15, -0.1) is 0 Å². The molecule has 0 N–H and O–H groups in total. The van der Waals surface area contributed by atoms with Crippen LogP contribution in [0.15, 0.2) is 23.0 Å². The lowest BCUT2D eigenvalue weighted by atomic mass is 10.1. The van der Waals surface area contributed by atoms with E-state index in [9.17, 15) is 4.79 Å². The van der Waals surface area contributed by atoms with Crippen LogP contribution in [0, 0.1) is 0 Å². The molecule has 1 aromatic carbocycles. The molecule has 0 bridgehead atoms. The van der Waals surface area contributed by atoms with Crippen LogP contribution in [0.4, 0.5) is 0 Å². The van der Waals surface area contributed by atoms with Gasteiger partial charge in [0, 0.05) is 18.0 Å². The summed E-state index contributed by atoms with van der Waals surface area (Å²) in [5, 5.41) is 0.951. The number of pyridine rings is 1. The first kappa shape index (κ1) is 36.0. The second-order valence-corrected chi connectivity index (χ2v) is 12.0. The summed E-state index contributed by atoms with van der Waals surface area (Å²) >= 11 is 0. The molecule has 0 fully saturated rings. The Morgan fingerprint density at radius 2 is 0.976 bits per heavy atom. The van der Waals surface area contributed by atoms with Crippen LogP contribution in [0.3, 0.4) is 0 Å². The van der Waals surface area contributed by atoms with E-state index in [0.717, 1.165) is 61.6 Å². The fraction of sp³-hybridized carbons (Fsp3) is 0.757. The van der Waals surface area contributed by atoms with E-state index in [1.807, 2.05) is 10.6 Å². The Balaban J connectivity index is 2.32. The molecular weight excluding hydrogens is 522 g/mol. The molecule has 0 atom stereocenters. The van der Waals surface area contributed by atoms with E-state index in [1.165, 1.54) is 83.5 Å². The van der Waals surface area contributed by atoms with Crippen LogP contribution in [-0.4, -0.2) is 24.4 Å². The number of fused-ring (bicyclic) bond motifs is 1. The minimum atomic E-state index is -0.0665. The summed E-state index contributed by atoms with van der Waals surface area (Å²) in [6.45, 7) is 11.5. The van der Waals surface area contributed by atoms with Crippen LogP contribution < -0.4 is 19.8 Å². The first-order valence-electron chi connectivity index (χ1n) is 17.8. The van der Waals surface area contributed by atoms with Crippen LogP contribution in [-0.2, 0) is 6.54 Å². The summed E-state index contributed by atoms with van der Waals surface area (Å²) in [4.78, 5) is 14.0. The topological polar surface area (TPSA) is 49.7 Å². The largest absolute Gasteiger partial charge is 0.494 e. The van der Waals surface area contributed by atoms with Gasteiger partial charge in [0.15, 0.2) is 5.75 Å². The Bertz CT molecular complexity index is 1010. The van der Waals surface area contributed by atoms with Gasteiger partial charge in [-0.25, -0.2) is 0 Å². The maximum atomic E-state index is 14.0. The zero-order valence-electron chi connectivity index (χ0n) is 27.8. The molecular formula is C37H63NO4. The fourth-order valence-corrected chi connectivity index (χ4v) is 5.49. The molecule has 0 aliphatic carbocycles. The molecule has 240 valence electrons. The summed E-state index contributed by atoms with van der Waals surface area (Å²) in [6.07, 6.45) is 23.4. The van der Waals surface area contributed by atoms with Crippen LogP contribution in [0.1, 0.15) is 156 Å². The van der Waals surface area contributed by atoms with Crippen molar-refractivity contribution in [1.82, 2.24) is 4.57 Å². The van der Waals surface area contributed by atoms with Crippen molar-refractivity contribution in [2.24, 2.45) is 0 Å². The highest BCUT2D eigenvalue weighted by Crippen LogP contribution is 2.35. The van der Waals surface area contributed by atoms with Gasteiger partial charge >= 0.3 is 0 Å². The van der Waals surface area contributed by atoms with Gasteiger partial charge in [0.2, 0.25) is 5.75 Å². The number of aryl methyl sites for hydroxylation is 1. The number of unbranched alkanes of at least 4 members (excludes halogenated alkanes) is 16. The Labute approximate surface area is 257 Å². The lowest BCUT2D eigenvalue weighted by molar-refractivity contribution is 0.256. The maximum absolute atomic E-state index is 14.0. The molecule has 0 saturated heterocycles. The minimum Gasteiger partial charge on any atom is -0.494 e. The van der Waals surface area contributed by atoms with Crippen molar-refractivity contribution < 1.29 is 14.2 Å². The Morgan fingerprint density at radius 3 is 1.55 bits per heavy atom. The van der Waals surface area contributed by atoms with E-state index in [2.05, 4.69) is 39.8 Å². The van der Waals surface area contributed by atoms with Gasteiger partial charge in [-0.05, 0) is 37.8 Å². The van der Waals surface area contributed by atoms with Crippen molar-refractivity contribution in [3.63, 3.8) is 0 Å². The van der Waals surface area contributed by atoms with Gasteiger partial charge in [-0.2, -0.15) is 0 Å². The number of hydrogen-bond donors (Lipinski definition) is 0. The fourth-order valence-electron chi connectivity index (χ4n) is 5.49. The molecule has 1 aromatic heterocycles. The molecule has 42 heavy (non-hydrogen) atoms. The lowest BCUT2D eigenvalue weighted by Crippen LogP contribution is -2.24. The van der Waals surface area contributed by atoms with E-state index in [1.54, 1.807) is 0 Å². The van der Waals surface area contributed by atoms with Gasteiger partial charge < -0.3 is 18.8 Å². The quantitative estimate of drug-likeness (QED) is 0.0978.